The quantitative estimate of drug-likeness (QED) is 0.111. The molecule has 0 aromatic rings. The van der Waals surface area contributed by atoms with Gasteiger partial charge in [0.1, 0.15) is 12.1 Å². The normalized spacial score (nSPS) is 15.4. The van der Waals surface area contributed by atoms with Gasteiger partial charge in [-0.15, -0.1) is 0 Å². The molecule has 0 saturated carbocycles. The number of carboxylic acid groups (broad SMARTS) is 2. The Labute approximate surface area is 182 Å². The Hall–Kier alpha value is -3.30. The standard InChI is InChI=1S/C17H29N5O10/c1-7(24)13(17(31)32)22-16(30)10(6-23)21-15(29)9(3-5-12(26)27)20-14(28)8(18)2-4-11(19)25/h7-10,13,23-24H,2-6,18H2,1H3,(H2,19,25)(H,20,28)(H,21,29)(H,22,30)(H,26,27)(H,31,32). The van der Waals surface area contributed by atoms with E-state index < -0.39 is 85.3 Å². The molecule has 182 valence electrons. The van der Waals surface area contributed by atoms with Crippen LogP contribution >= 0.6 is 0 Å². The number of carboxylic acids is 2. The third-order valence-corrected chi connectivity index (χ3v) is 4.18. The molecule has 0 heterocycles. The monoisotopic (exact) mass is 463 g/mol. The van der Waals surface area contributed by atoms with Gasteiger partial charge in [-0.1, -0.05) is 0 Å². The van der Waals surface area contributed by atoms with Gasteiger partial charge in [0.2, 0.25) is 23.6 Å². The maximum absolute atomic E-state index is 12.5. The van der Waals surface area contributed by atoms with Crippen LogP contribution in [0, 0.1) is 0 Å². The molecular weight excluding hydrogens is 434 g/mol. The molecule has 11 N–H and O–H groups in total. The Morgan fingerprint density at radius 1 is 0.844 bits per heavy atom. The van der Waals surface area contributed by atoms with E-state index in [1.54, 1.807) is 0 Å². The first kappa shape index (κ1) is 28.7. The number of hydrogen-bond donors (Lipinski definition) is 9. The molecule has 15 nitrogen and oxygen atoms in total. The van der Waals surface area contributed by atoms with Gasteiger partial charge in [-0.05, 0) is 19.8 Å². The fourth-order valence-electron chi connectivity index (χ4n) is 2.35. The Balaban J connectivity index is 5.29. The van der Waals surface area contributed by atoms with Gasteiger partial charge in [0.15, 0.2) is 6.04 Å². The van der Waals surface area contributed by atoms with Gasteiger partial charge in [0.25, 0.3) is 0 Å². The van der Waals surface area contributed by atoms with Crippen LogP contribution in [0.4, 0.5) is 0 Å². The van der Waals surface area contributed by atoms with Crippen molar-refractivity contribution >= 4 is 35.6 Å². The topological polar surface area (TPSA) is 271 Å². The summed E-state index contributed by atoms with van der Waals surface area (Å²) in [5.41, 5.74) is 10.6. The number of carbonyl (C=O) groups excluding carboxylic acids is 4. The second kappa shape index (κ2) is 13.9. The minimum atomic E-state index is -1.72. The highest BCUT2D eigenvalue weighted by Crippen LogP contribution is 2.03. The summed E-state index contributed by atoms with van der Waals surface area (Å²) in [6, 6.07) is -6.11. The number of amides is 4. The highest BCUT2D eigenvalue weighted by molar-refractivity contribution is 5.94. The summed E-state index contributed by atoms with van der Waals surface area (Å²) in [7, 11) is 0. The van der Waals surface area contributed by atoms with Crippen molar-refractivity contribution in [1.82, 2.24) is 16.0 Å². The molecule has 0 bridgehead atoms. The van der Waals surface area contributed by atoms with Gasteiger partial charge in [0.05, 0.1) is 18.8 Å². The van der Waals surface area contributed by atoms with Crippen LogP contribution in [0.3, 0.4) is 0 Å². The SMILES string of the molecule is CC(O)C(NC(=O)C(CO)NC(=O)C(CCC(=O)O)NC(=O)C(N)CCC(N)=O)C(=O)O. The van der Waals surface area contributed by atoms with E-state index in [-0.39, 0.29) is 12.8 Å². The molecule has 4 amide bonds. The van der Waals surface area contributed by atoms with Crippen molar-refractivity contribution in [2.24, 2.45) is 11.5 Å². The van der Waals surface area contributed by atoms with Crippen LogP contribution in [0.2, 0.25) is 0 Å². The van der Waals surface area contributed by atoms with Gasteiger partial charge in [-0.3, -0.25) is 24.0 Å². The van der Waals surface area contributed by atoms with E-state index in [0.717, 1.165) is 6.92 Å². The highest BCUT2D eigenvalue weighted by atomic mass is 16.4. The molecule has 0 aromatic carbocycles. The third-order valence-electron chi connectivity index (χ3n) is 4.18. The van der Waals surface area contributed by atoms with Gasteiger partial charge >= 0.3 is 11.9 Å². The molecular formula is C17H29N5O10. The Morgan fingerprint density at radius 3 is 1.81 bits per heavy atom. The number of rotatable bonds is 15. The van der Waals surface area contributed by atoms with Crippen molar-refractivity contribution < 1.29 is 49.2 Å². The van der Waals surface area contributed by atoms with Crippen LogP contribution in [0.1, 0.15) is 32.6 Å². The first-order chi connectivity index (χ1) is 14.8. The van der Waals surface area contributed by atoms with E-state index in [4.69, 9.17) is 21.7 Å². The van der Waals surface area contributed by atoms with Gasteiger partial charge in [-0.2, -0.15) is 0 Å². The maximum atomic E-state index is 12.5. The average molecular weight is 463 g/mol. The lowest BCUT2D eigenvalue weighted by Crippen LogP contribution is -2.59. The van der Waals surface area contributed by atoms with Crippen molar-refractivity contribution in [2.75, 3.05) is 6.61 Å². The second-order valence-electron chi connectivity index (χ2n) is 6.91. The van der Waals surface area contributed by atoms with Crippen molar-refractivity contribution in [3.63, 3.8) is 0 Å². The largest absolute Gasteiger partial charge is 0.481 e. The molecule has 0 aliphatic heterocycles. The van der Waals surface area contributed by atoms with Crippen molar-refractivity contribution in [3.05, 3.63) is 0 Å². The van der Waals surface area contributed by atoms with Crippen LogP contribution in [0.5, 0.6) is 0 Å². The molecule has 5 atom stereocenters. The zero-order chi connectivity index (χ0) is 25.0. The van der Waals surface area contributed by atoms with Crippen LogP contribution in [0.15, 0.2) is 0 Å². The number of hydrogen-bond acceptors (Lipinski definition) is 9. The van der Waals surface area contributed by atoms with Crippen molar-refractivity contribution in [1.29, 1.82) is 0 Å². The number of carbonyl (C=O) groups is 6. The molecule has 0 aliphatic carbocycles. The van der Waals surface area contributed by atoms with Crippen LogP contribution < -0.4 is 27.4 Å². The van der Waals surface area contributed by atoms with E-state index in [1.807, 2.05) is 5.32 Å². The number of nitrogens with one attached hydrogen (secondary N) is 3. The Kier molecular flexibility index (Phi) is 12.5. The Morgan fingerprint density at radius 2 is 1.38 bits per heavy atom. The first-order valence-electron chi connectivity index (χ1n) is 9.48. The van der Waals surface area contributed by atoms with Gasteiger partial charge < -0.3 is 47.8 Å². The van der Waals surface area contributed by atoms with Gasteiger partial charge in [0, 0.05) is 12.8 Å². The number of aliphatic carboxylic acids is 2. The molecule has 0 radical (unpaired) electrons. The highest BCUT2D eigenvalue weighted by Gasteiger charge is 2.31. The predicted octanol–water partition coefficient (Wildman–Crippen LogP) is -4.64. The summed E-state index contributed by atoms with van der Waals surface area (Å²) in [5.74, 6) is -6.64. The molecule has 0 spiro atoms. The molecule has 0 aromatic heterocycles. The Bertz CT molecular complexity index is 714. The molecule has 32 heavy (non-hydrogen) atoms. The predicted molar refractivity (Wildman–Crippen MR) is 105 cm³/mol. The summed E-state index contributed by atoms with van der Waals surface area (Å²) >= 11 is 0. The fraction of sp³-hybridized carbons (Fsp3) is 0.647. The average Bonchev–Trinajstić information content (AvgIpc) is 2.69. The lowest BCUT2D eigenvalue weighted by molar-refractivity contribution is -0.145. The lowest BCUT2D eigenvalue weighted by atomic mass is 10.1. The van der Waals surface area contributed by atoms with E-state index in [0.29, 0.717) is 0 Å². The number of nitrogens with two attached hydrogens (primary N) is 2. The van der Waals surface area contributed by atoms with Crippen LogP contribution in [-0.4, -0.2) is 92.9 Å². The minimum Gasteiger partial charge on any atom is -0.481 e. The number of aliphatic hydroxyl groups is 2. The van der Waals surface area contributed by atoms with E-state index >= 15 is 0 Å². The summed E-state index contributed by atoms with van der Waals surface area (Å²) in [5, 5.41) is 42.9. The summed E-state index contributed by atoms with van der Waals surface area (Å²) in [4.78, 5) is 69.6. The fourth-order valence-corrected chi connectivity index (χ4v) is 2.35. The minimum absolute atomic E-state index is 0.133. The summed E-state index contributed by atoms with van der Waals surface area (Å²) < 4.78 is 0. The smallest absolute Gasteiger partial charge is 0.328 e. The number of aliphatic hydroxyl groups excluding tert-OH is 2. The molecule has 15 heteroatoms. The molecule has 0 rings (SSSR count). The zero-order valence-electron chi connectivity index (χ0n) is 17.3. The van der Waals surface area contributed by atoms with E-state index in [2.05, 4.69) is 10.6 Å². The third kappa shape index (κ3) is 10.6. The summed E-state index contributed by atoms with van der Waals surface area (Å²) in [6.07, 6.45) is -2.78. The van der Waals surface area contributed by atoms with Crippen molar-refractivity contribution in [2.45, 2.75) is 62.9 Å². The van der Waals surface area contributed by atoms with Gasteiger partial charge in [-0.25, -0.2) is 4.79 Å². The summed E-state index contributed by atoms with van der Waals surface area (Å²) in [6.45, 7) is 0.131. The molecule has 5 unspecified atom stereocenters. The van der Waals surface area contributed by atoms with Crippen molar-refractivity contribution in [3.8, 4) is 0 Å². The maximum Gasteiger partial charge on any atom is 0.328 e. The van der Waals surface area contributed by atoms with Crippen LogP contribution in [-0.2, 0) is 28.8 Å². The van der Waals surface area contributed by atoms with E-state index in [9.17, 15) is 39.0 Å². The zero-order valence-corrected chi connectivity index (χ0v) is 17.3. The molecule has 0 aliphatic rings. The first-order valence-corrected chi connectivity index (χ1v) is 9.48. The number of primary amides is 1. The lowest BCUT2D eigenvalue weighted by Gasteiger charge is -2.24. The molecule has 0 saturated heterocycles. The molecule has 0 fully saturated rings. The van der Waals surface area contributed by atoms with E-state index in [1.165, 1.54) is 0 Å². The second-order valence-corrected chi connectivity index (χ2v) is 6.91. The van der Waals surface area contributed by atoms with Crippen LogP contribution in [0.25, 0.3) is 0 Å².